The summed E-state index contributed by atoms with van der Waals surface area (Å²) in [6.45, 7) is 1.28. The summed E-state index contributed by atoms with van der Waals surface area (Å²) in [5.74, 6) is -0.778. The Labute approximate surface area is 236 Å². The molecule has 4 rings (SSSR count). The van der Waals surface area contributed by atoms with Gasteiger partial charge in [-0.05, 0) is 59.6 Å². The number of nitriles is 1. The fourth-order valence-electron chi connectivity index (χ4n) is 5.26. The van der Waals surface area contributed by atoms with Crippen LogP contribution in [-0.4, -0.2) is 35.0 Å². The molecule has 1 fully saturated rings. The van der Waals surface area contributed by atoms with E-state index in [1.807, 2.05) is 36.4 Å². The number of hydrogen-bond donors (Lipinski definition) is 2. The third kappa shape index (κ3) is 8.62. The number of carboxylic acid groups (broad SMARTS) is 1. The van der Waals surface area contributed by atoms with E-state index in [1.54, 1.807) is 12.1 Å². The van der Waals surface area contributed by atoms with Crippen molar-refractivity contribution in [1.82, 2.24) is 0 Å². The first kappa shape index (κ1) is 29.2. The van der Waals surface area contributed by atoms with E-state index in [9.17, 15) is 9.90 Å². The molecule has 0 radical (unpaired) electrons. The van der Waals surface area contributed by atoms with Crippen LogP contribution in [0.4, 0.5) is 0 Å². The summed E-state index contributed by atoms with van der Waals surface area (Å²) in [7, 11) is 0. The highest BCUT2D eigenvalue weighted by molar-refractivity contribution is 5.66. The summed E-state index contributed by atoms with van der Waals surface area (Å²) in [6, 6.07) is 28.1. The molecule has 3 aromatic carbocycles. The lowest BCUT2D eigenvalue weighted by Crippen LogP contribution is -2.27. The van der Waals surface area contributed by atoms with Crippen molar-refractivity contribution in [2.45, 2.75) is 57.5 Å². The fourth-order valence-corrected chi connectivity index (χ4v) is 5.26. The molecule has 2 N–H and O–H groups in total. The molecule has 1 aliphatic carbocycles. The van der Waals surface area contributed by atoms with Crippen LogP contribution in [0.2, 0.25) is 0 Å². The maximum Gasteiger partial charge on any atom is 0.303 e. The first-order valence-corrected chi connectivity index (χ1v) is 13.9. The van der Waals surface area contributed by atoms with Crippen LogP contribution in [0.3, 0.4) is 0 Å². The number of benzene rings is 3. The number of carbonyl (C=O) groups is 1. The molecule has 1 aliphatic rings. The molecule has 208 valence electrons. The van der Waals surface area contributed by atoms with Crippen molar-refractivity contribution in [2.24, 2.45) is 11.8 Å². The van der Waals surface area contributed by atoms with E-state index in [1.165, 1.54) is 5.56 Å². The van der Waals surface area contributed by atoms with Gasteiger partial charge in [-0.2, -0.15) is 5.26 Å². The van der Waals surface area contributed by atoms with Crippen molar-refractivity contribution in [3.8, 4) is 17.2 Å². The van der Waals surface area contributed by atoms with Crippen LogP contribution in [0.1, 0.15) is 48.8 Å². The van der Waals surface area contributed by atoms with Gasteiger partial charge in [-0.1, -0.05) is 78.9 Å². The second-order valence-electron chi connectivity index (χ2n) is 10.4. The summed E-state index contributed by atoms with van der Waals surface area (Å²) < 4.78 is 12.4. The molecule has 1 saturated carbocycles. The van der Waals surface area contributed by atoms with Gasteiger partial charge in [0.1, 0.15) is 0 Å². The van der Waals surface area contributed by atoms with Gasteiger partial charge in [0.2, 0.25) is 0 Å². The molecule has 0 heterocycles. The van der Waals surface area contributed by atoms with Crippen LogP contribution in [0.5, 0.6) is 0 Å². The van der Waals surface area contributed by atoms with Crippen molar-refractivity contribution >= 4 is 5.97 Å². The van der Waals surface area contributed by atoms with Crippen molar-refractivity contribution in [3.63, 3.8) is 0 Å². The Morgan fingerprint density at radius 1 is 0.900 bits per heavy atom. The second kappa shape index (κ2) is 15.1. The predicted molar refractivity (Wildman–Crippen MR) is 154 cm³/mol. The van der Waals surface area contributed by atoms with Gasteiger partial charge in [0.15, 0.2) is 0 Å². The molecule has 6 heteroatoms. The van der Waals surface area contributed by atoms with Crippen LogP contribution >= 0.6 is 0 Å². The maximum absolute atomic E-state index is 11.0. The van der Waals surface area contributed by atoms with E-state index in [4.69, 9.17) is 19.8 Å². The molecule has 0 saturated heterocycles. The lowest BCUT2D eigenvalue weighted by Gasteiger charge is -2.25. The fraction of sp³-hybridized carbons (Fsp3) is 0.353. The van der Waals surface area contributed by atoms with Crippen LogP contribution in [0, 0.1) is 23.2 Å². The number of ether oxygens (including phenoxy) is 2. The summed E-state index contributed by atoms with van der Waals surface area (Å²) >= 11 is 0. The zero-order valence-electron chi connectivity index (χ0n) is 22.7. The lowest BCUT2D eigenvalue weighted by molar-refractivity contribution is -0.137. The Bertz CT molecular complexity index is 1260. The molecule has 0 bridgehead atoms. The SMILES string of the molecule is N#Cc1ccc(COC[C@@H]2[C@@H](C/C=C\CCCC(=O)O)[C@@H](OCc3ccc(-c4ccccc4)cc3)C[C@H]2O)cc1. The van der Waals surface area contributed by atoms with Crippen LogP contribution in [0.15, 0.2) is 91.0 Å². The summed E-state index contributed by atoms with van der Waals surface area (Å²) in [4.78, 5) is 10.8. The Balaban J connectivity index is 1.36. The van der Waals surface area contributed by atoms with Crippen LogP contribution in [0.25, 0.3) is 11.1 Å². The number of aliphatic hydroxyl groups excluding tert-OH is 1. The van der Waals surface area contributed by atoms with Gasteiger partial charge in [0.25, 0.3) is 0 Å². The zero-order chi connectivity index (χ0) is 28.2. The van der Waals surface area contributed by atoms with E-state index >= 15 is 0 Å². The summed E-state index contributed by atoms with van der Waals surface area (Å²) in [5, 5.41) is 28.8. The average Bonchev–Trinajstić information content (AvgIpc) is 3.28. The van der Waals surface area contributed by atoms with Gasteiger partial charge >= 0.3 is 5.97 Å². The first-order chi connectivity index (χ1) is 19.5. The van der Waals surface area contributed by atoms with Crippen LogP contribution in [-0.2, 0) is 27.5 Å². The number of hydrogen-bond acceptors (Lipinski definition) is 5. The van der Waals surface area contributed by atoms with Crippen LogP contribution < -0.4 is 0 Å². The maximum atomic E-state index is 11.0. The Morgan fingerprint density at radius 3 is 2.27 bits per heavy atom. The number of rotatable bonds is 14. The highest BCUT2D eigenvalue weighted by Gasteiger charge is 2.42. The molecule has 0 spiro atoms. The van der Waals surface area contributed by atoms with Crippen molar-refractivity contribution in [2.75, 3.05) is 6.61 Å². The van der Waals surface area contributed by atoms with Gasteiger partial charge in [0, 0.05) is 18.8 Å². The number of unbranched alkanes of at least 4 members (excludes halogenated alkanes) is 1. The minimum absolute atomic E-state index is 0.0764. The average molecular weight is 540 g/mol. The van der Waals surface area contributed by atoms with Gasteiger partial charge in [0.05, 0.1) is 43.7 Å². The standard InChI is InChI=1S/C34H37NO5/c35-21-25-12-14-26(15-13-25)22-39-24-31-30(10-6-1-2-7-11-34(37)38)33(20-32(31)36)40-23-27-16-18-29(19-17-27)28-8-4-3-5-9-28/h1,3-6,8-9,12-19,30-33,36H,2,7,10-11,20,22-24H2,(H,37,38)/b6-1-/t30-,31-,32-,33+/m1/s1. The summed E-state index contributed by atoms with van der Waals surface area (Å²) in [5.41, 5.74) is 5.00. The normalized spacial score (nSPS) is 20.5. The van der Waals surface area contributed by atoms with Gasteiger partial charge in [-0.3, -0.25) is 4.79 Å². The monoisotopic (exact) mass is 539 g/mol. The Hall–Kier alpha value is -3.76. The predicted octanol–water partition coefficient (Wildman–Crippen LogP) is 6.53. The zero-order valence-corrected chi connectivity index (χ0v) is 22.7. The molecule has 40 heavy (non-hydrogen) atoms. The molecule has 0 amide bonds. The number of nitrogens with zero attached hydrogens (tertiary/aromatic N) is 1. The molecule has 0 aromatic heterocycles. The Morgan fingerprint density at radius 2 is 1.57 bits per heavy atom. The van der Waals surface area contributed by atoms with Gasteiger partial charge in [-0.15, -0.1) is 0 Å². The number of aliphatic hydroxyl groups is 1. The largest absolute Gasteiger partial charge is 0.481 e. The molecule has 6 nitrogen and oxygen atoms in total. The molecule has 3 aromatic rings. The smallest absolute Gasteiger partial charge is 0.303 e. The number of aliphatic carboxylic acids is 1. The van der Waals surface area contributed by atoms with E-state index in [0.717, 1.165) is 23.1 Å². The van der Waals surface area contributed by atoms with E-state index < -0.39 is 12.1 Å². The first-order valence-electron chi connectivity index (χ1n) is 13.9. The van der Waals surface area contributed by atoms with Crippen molar-refractivity contribution in [1.29, 1.82) is 5.26 Å². The number of carboxylic acids is 1. The van der Waals surface area contributed by atoms with E-state index in [-0.39, 0.29) is 24.4 Å². The second-order valence-corrected chi connectivity index (χ2v) is 10.4. The van der Waals surface area contributed by atoms with Crippen molar-refractivity contribution < 1.29 is 24.5 Å². The highest BCUT2D eigenvalue weighted by atomic mass is 16.5. The molecule has 0 unspecified atom stereocenters. The van der Waals surface area contributed by atoms with Gasteiger partial charge < -0.3 is 19.7 Å². The minimum atomic E-state index is -0.781. The van der Waals surface area contributed by atoms with Gasteiger partial charge in [-0.25, -0.2) is 0 Å². The topological polar surface area (TPSA) is 99.8 Å². The highest BCUT2D eigenvalue weighted by Crippen LogP contribution is 2.38. The molecule has 4 atom stereocenters. The minimum Gasteiger partial charge on any atom is -0.481 e. The molecular formula is C34H37NO5. The third-order valence-electron chi connectivity index (χ3n) is 7.52. The molecular weight excluding hydrogens is 502 g/mol. The summed E-state index contributed by atoms with van der Waals surface area (Å²) in [6.07, 6.45) is 6.22. The van der Waals surface area contributed by atoms with E-state index in [0.29, 0.717) is 44.6 Å². The van der Waals surface area contributed by atoms with Crippen molar-refractivity contribution in [3.05, 3.63) is 108 Å². The van der Waals surface area contributed by atoms with E-state index in [2.05, 4.69) is 48.5 Å². The number of allylic oxidation sites excluding steroid dienone is 2. The molecule has 0 aliphatic heterocycles. The third-order valence-corrected chi connectivity index (χ3v) is 7.52. The Kier molecular flexibility index (Phi) is 11.1. The lowest BCUT2D eigenvalue weighted by atomic mass is 9.90. The quantitative estimate of drug-likeness (QED) is 0.179.